The van der Waals surface area contributed by atoms with Gasteiger partial charge in [-0.2, -0.15) is 0 Å². The maximum Gasteiger partial charge on any atom is 0.175 e. The second-order valence-corrected chi connectivity index (χ2v) is 3.05. The van der Waals surface area contributed by atoms with Gasteiger partial charge < -0.3 is 5.11 Å². The summed E-state index contributed by atoms with van der Waals surface area (Å²) < 4.78 is 0. The molecule has 1 aromatic carbocycles. The van der Waals surface area contributed by atoms with E-state index in [9.17, 15) is 0 Å². The van der Waals surface area contributed by atoms with Crippen LogP contribution in [0.15, 0.2) is 35.4 Å². The average Bonchev–Trinajstić information content (AvgIpc) is 2.62. The van der Waals surface area contributed by atoms with Crippen LogP contribution in [0.4, 0.5) is 0 Å². The minimum Gasteiger partial charge on any atom is -0.394 e. The maximum absolute atomic E-state index is 9.17. The van der Waals surface area contributed by atoms with Crippen molar-refractivity contribution in [1.29, 1.82) is 0 Å². The average molecular weight is 208 g/mol. The molecule has 1 heterocycles. The third-order valence-electron chi connectivity index (χ3n) is 2.01. The predicted octanol–water partition coefficient (Wildman–Crippen LogP) is -0.233. The van der Waals surface area contributed by atoms with Gasteiger partial charge in [-0.1, -0.05) is 35.6 Å². The van der Waals surface area contributed by atoms with Gasteiger partial charge in [-0.15, -0.1) is 10.6 Å². The largest absolute Gasteiger partial charge is 0.394 e. The van der Waals surface area contributed by atoms with Crippen LogP contribution in [-0.4, -0.2) is 39.6 Å². The summed E-state index contributed by atoms with van der Waals surface area (Å²) >= 11 is 0. The van der Waals surface area contributed by atoms with E-state index >= 15 is 0 Å². The molecular formula is C9H12N4O2. The fourth-order valence-electron chi connectivity index (χ4n) is 1.38. The Labute approximate surface area is 86.9 Å². The predicted molar refractivity (Wildman–Crippen MR) is 53.5 cm³/mol. The molecule has 1 aromatic rings. The molecule has 15 heavy (non-hydrogen) atoms. The summed E-state index contributed by atoms with van der Waals surface area (Å²) in [6.45, 7) is 0.331. The number of rotatable bonds is 3. The third-order valence-corrected chi connectivity index (χ3v) is 2.01. The monoisotopic (exact) mass is 208 g/mol. The van der Waals surface area contributed by atoms with Crippen molar-refractivity contribution in [2.45, 2.75) is 0 Å². The van der Waals surface area contributed by atoms with Crippen LogP contribution < -0.4 is 5.53 Å². The lowest BCUT2D eigenvalue weighted by Crippen LogP contribution is -2.43. The van der Waals surface area contributed by atoms with Crippen molar-refractivity contribution in [3.8, 4) is 0 Å². The van der Waals surface area contributed by atoms with Crippen LogP contribution in [0.3, 0.4) is 0 Å². The van der Waals surface area contributed by atoms with Gasteiger partial charge in [0, 0.05) is 5.56 Å². The van der Waals surface area contributed by atoms with Crippen molar-refractivity contribution in [2.75, 3.05) is 13.2 Å². The zero-order valence-electron chi connectivity index (χ0n) is 8.04. The number of nitrogens with one attached hydrogen (secondary N) is 1. The smallest absolute Gasteiger partial charge is 0.175 e. The Morgan fingerprint density at radius 3 is 2.67 bits per heavy atom. The zero-order chi connectivity index (χ0) is 10.7. The van der Waals surface area contributed by atoms with Gasteiger partial charge in [0.2, 0.25) is 0 Å². The van der Waals surface area contributed by atoms with Crippen LogP contribution in [0, 0.1) is 0 Å². The van der Waals surface area contributed by atoms with E-state index in [-0.39, 0.29) is 6.61 Å². The van der Waals surface area contributed by atoms with Crippen LogP contribution in [-0.2, 0) is 0 Å². The SMILES string of the molecule is OCCN1NN(O)N=C1c1ccccc1. The topological polar surface area (TPSA) is 71.3 Å². The minimum absolute atomic E-state index is 0.0211. The van der Waals surface area contributed by atoms with E-state index in [0.717, 1.165) is 5.56 Å². The number of aliphatic hydroxyl groups excluding tert-OH is 1. The van der Waals surface area contributed by atoms with Gasteiger partial charge in [0.25, 0.3) is 0 Å². The standard InChI is InChI=1S/C9H12N4O2/c14-7-6-12-9(10-13(15)11-12)8-4-2-1-3-5-8/h1-5,11,14-15H,6-7H2. The molecule has 0 aliphatic carbocycles. The van der Waals surface area contributed by atoms with Crippen LogP contribution >= 0.6 is 0 Å². The molecule has 0 fully saturated rings. The molecule has 0 saturated carbocycles. The molecule has 0 radical (unpaired) electrons. The Balaban J connectivity index is 2.23. The zero-order valence-corrected chi connectivity index (χ0v) is 8.04. The van der Waals surface area contributed by atoms with Crippen molar-refractivity contribution < 1.29 is 10.3 Å². The van der Waals surface area contributed by atoms with Crippen molar-refractivity contribution in [1.82, 2.24) is 15.8 Å². The first kappa shape index (κ1) is 9.91. The summed E-state index contributed by atoms with van der Waals surface area (Å²) in [4.78, 5) is 0. The van der Waals surface area contributed by atoms with Gasteiger partial charge in [0.15, 0.2) is 5.84 Å². The van der Waals surface area contributed by atoms with Gasteiger partial charge in [-0.05, 0) is 0 Å². The van der Waals surface area contributed by atoms with E-state index in [4.69, 9.17) is 10.3 Å². The van der Waals surface area contributed by atoms with Crippen LogP contribution in [0.1, 0.15) is 5.56 Å². The second kappa shape index (κ2) is 4.26. The Bertz CT molecular complexity index is 354. The molecule has 80 valence electrons. The maximum atomic E-state index is 9.17. The molecule has 0 unspecified atom stereocenters. The van der Waals surface area contributed by atoms with E-state index in [1.165, 1.54) is 0 Å². The van der Waals surface area contributed by atoms with Gasteiger partial charge in [-0.25, -0.2) is 0 Å². The molecule has 6 heteroatoms. The molecule has 6 nitrogen and oxygen atoms in total. The van der Waals surface area contributed by atoms with Gasteiger partial charge >= 0.3 is 0 Å². The lowest BCUT2D eigenvalue weighted by atomic mass is 10.2. The van der Waals surface area contributed by atoms with Gasteiger partial charge in [-0.3, -0.25) is 10.2 Å². The van der Waals surface area contributed by atoms with Crippen molar-refractivity contribution in [3.05, 3.63) is 35.9 Å². The lowest BCUT2D eigenvalue weighted by molar-refractivity contribution is -0.157. The molecule has 2 rings (SSSR count). The normalized spacial score (nSPS) is 15.7. The van der Waals surface area contributed by atoms with Gasteiger partial charge in [0.05, 0.1) is 13.2 Å². The van der Waals surface area contributed by atoms with E-state index in [1.807, 2.05) is 30.3 Å². The summed E-state index contributed by atoms with van der Waals surface area (Å²) in [5, 5.41) is 24.1. The third kappa shape index (κ3) is 2.07. The fourth-order valence-corrected chi connectivity index (χ4v) is 1.38. The highest BCUT2D eigenvalue weighted by Crippen LogP contribution is 2.09. The first-order valence-electron chi connectivity index (χ1n) is 4.59. The second-order valence-electron chi connectivity index (χ2n) is 3.05. The lowest BCUT2D eigenvalue weighted by Gasteiger charge is -2.18. The summed E-state index contributed by atoms with van der Waals surface area (Å²) in [6.07, 6.45) is 0. The molecular weight excluding hydrogens is 196 g/mol. The molecule has 0 saturated heterocycles. The van der Waals surface area contributed by atoms with E-state index in [1.54, 1.807) is 5.01 Å². The molecule has 0 aromatic heterocycles. The number of hydrazone groups is 1. The fraction of sp³-hybridized carbons (Fsp3) is 0.222. The first-order valence-corrected chi connectivity index (χ1v) is 4.59. The number of hydrazine groups is 2. The first-order chi connectivity index (χ1) is 7.31. The Morgan fingerprint density at radius 2 is 2.00 bits per heavy atom. The quantitative estimate of drug-likeness (QED) is 0.640. The molecule has 0 spiro atoms. The highest BCUT2D eigenvalue weighted by molar-refractivity contribution is 5.98. The Kier molecular flexibility index (Phi) is 2.82. The molecule has 3 N–H and O–H groups in total. The molecule has 1 aliphatic rings. The molecule has 1 aliphatic heterocycles. The van der Waals surface area contributed by atoms with E-state index < -0.39 is 0 Å². The van der Waals surface area contributed by atoms with Gasteiger partial charge in [0.1, 0.15) is 0 Å². The number of hydrogen-bond donors (Lipinski definition) is 3. The Hall–Kier alpha value is -1.63. The Morgan fingerprint density at radius 1 is 1.27 bits per heavy atom. The van der Waals surface area contributed by atoms with E-state index in [2.05, 4.69) is 10.6 Å². The summed E-state index contributed by atoms with van der Waals surface area (Å²) in [7, 11) is 0. The molecule has 0 amide bonds. The summed E-state index contributed by atoms with van der Waals surface area (Å²) in [5.74, 6) is 0.576. The number of hydrogen-bond acceptors (Lipinski definition) is 6. The number of β-amino-alcohol motifs (C(OH)–C–C–N with tert-alkyl or cyclic N) is 1. The van der Waals surface area contributed by atoms with Crippen molar-refractivity contribution >= 4 is 5.84 Å². The summed E-state index contributed by atoms with van der Waals surface area (Å²) in [6, 6.07) is 9.43. The van der Waals surface area contributed by atoms with Crippen molar-refractivity contribution in [3.63, 3.8) is 0 Å². The number of amidine groups is 1. The van der Waals surface area contributed by atoms with Crippen LogP contribution in [0.25, 0.3) is 0 Å². The number of benzene rings is 1. The van der Waals surface area contributed by atoms with Crippen molar-refractivity contribution in [2.24, 2.45) is 5.10 Å². The minimum atomic E-state index is -0.0211. The molecule has 0 bridgehead atoms. The van der Waals surface area contributed by atoms with Crippen LogP contribution in [0.2, 0.25) is 0 Å². The van der Waals surface area contributed by atoms with Crippen LogP contribution in [0.5, 0.6) is 0 Å². The molecule has 0 atom stereocenters. The highest BCUT2D eigenvalue weighted by atomic mass is 16.6. The highest BCUT2D eigenvalue weighted by Gasteiger charge is 2.21. The number of nitrogens with zero attached hydrogens (tertiary/aromatic N) is 3. The number of aliphatic hydroxyl groups is 1. The summed E-state index contributed by atoms with van der Waals surface area (Å²) in [5.41, 5.74) is 3.43. The van der Waals surface area contributed by atoms with E-state index in [0.29, 0.717) is 17.7 Å².